The van der Waals surface area contributed by atoms with E-state index in [0.717, 1.165) is 43.4 Å². The molecule has 2 atom stereocenters. The van der Waals surface area contributed by atoms with Crippen molar-refractivity contribution in [1.29, 1.82) is 0 Å². The summed E-state index contributed by atoms with van der Waals surface area (Å²) in [6.07, 6.45) is 10.5. The summed E-state index contributed by atoms with van der Waals surface area (Å²) >= 11 is 0. The van der Waals surface area contributed by atoms with E-state index in [2.05, 4.69) is 10.6 Å². The Kier molecular flexibility index (Phi) is 7.53. The van der Waals surface area contributed by atoms with E-state index in [-0.39, 0.29) is 17.9 Å². The molecule has 0 bridgehead atoms. The summed E-state index contributed by atoms with van der Waals surface area (Å²) in [7, 11) is 1.36. The van der Waals surface area contributed by atoms with E-state index in [4.69, 9.17) is 14.5 Å². The largest absolute Gasteiger partial charge is 0.464 e. The average molecular weight is 457 g/mol. The summed E-state index contributed by atoms with van der Waals surface area (Å²) in [6, 6.07) is 2.42. The number of anilines is 2. The van der Waals surface area contributed by atoms with Crippen molar-refractivity contribution in [3.05, 3.63) is 18.0 Å². The van der Waals surface area contributed by atoms with Crippen molar-refractivity contribution in [2.45, 2.75) is 83.9 Å². The van der Waals surface area contributed by atoms with E-state index >= 15 is 0 Å². The molecule has 8 nitrogen and oxygen atoms in total. The Morgan fingerprint density at radius 3 is 2.70 bits per heavy atom. The van der Waals surface area contributed by atoms with Gasteiger partial charge in [-0.25, -0.2) is 9.78 Å². The molecule has 1 saturated heterocycles. The first kappa shape index (κ1) is 23.5. The third kappa shape index (κ3) is 5.16. The molecule has 2 aromatic rings. The number of hydrogen-bond acceptors (Lipinski definition) is 6. The lowest BCUT2D eigenvalue weighted by molar-refractivity contribution is -0.119. The fraction of sp³-hybridized carbons (Fsp3) is 0.640. The van der Waals surface area contributed by atoms with Gasteiger partial charge in [0.15, 0.2) is 5.69 Å². The summed E-state index contributed by atoms with van der Waals surface area (Å²) in [4.78, 5) is 30.6. The van der Waals surface area contributed by atoms with E-state index in [1.54, 1.807) is 0 Å². The van der Waals surface area contributed by atoms with E-state index < -0.39 is 5.97 Å². The highest BCUT2D eigenvalue weighted by atomic mass is 16.5. The standard InChI is InChI=1S/C25H36N4O4/c1-4-16(2)24(30)28-21-20-13-18(27-17-9-6-5-7-10-17)14-26-23(20)29(22(21)25(31)32-3)15-19-11-8-12-33-19/h13-14,16-17,19,27H,4-12,15H2,1-3H3,(H,28,30)/t16-,19-/m0/s1. The zero-order valence-electron chi connectivity index (χ0n) is 20.0. The van der Waals surface area contributed by atoms with Crippen LogP contribution in [0.2, 0.25) is 0 Å². The van der Waals surface area contributed by atoms with E-state index in [1.807, 2.05) is 30.7 Å². The molecule has 180 valence electrons. The predicted octanol–water partition coefficient (Wildman–Crippen LogP) is 4.73. The van der Waals surface area contributed by atoms with Crippen molar-refractivity contribution in [2.75, 3.05) is 24.4 Å². The molecule has 1 aliphatic heterocycles. The Labute approximate surface area is 195 Å². The highest BCUT2D eigenvalue weighted by Gasteiger charge is 2.29. The Hall–Kier alpha value is -2.61. The van der Waals surface area contributed by atoms with Crippen LogP contribution in [0.15, 0.2) is 12.3 Å². The number of ether oxygens (including phenoxy) is 2. The molecule has 8 heteroatoms. The lowest BCUT2D eigenvalue weighted by Gasteiger charge is -2.23. The Bertz CT molecular complexity index is 990. The smallest absolute Gasteiger partial charge is 0.356 e. The molecule has 2 fully saturated rings. The van der Waals surface area contributed by atoms with Crippen LogP contribution in [0.4, 0.5) is 11.4 Å². The van der Waals surface area contributed by atoms with Gasteiger partial charge in [0.2, 0.25) is 5.91 Å². The Morgan fingerprint density at radius 1 is 1.24 bits per heavy atom. The van der Waals surface area contributed by atoms with Gasteiger partial charge in [-0.15, -0.1) is 0 Å². The van der Waals surface area contributed by atoms with Crippen molar-refractivity contribution < 1.29 is 19.1 Å². The zero-order valence-corrected chi connectivity index (χ0v) is 20.0. The van der Waals surface area contributed by atoms with Crippen molar-refractivity contribution in [3.8, 4) is 0 Å². The molecule has 0 radical (unpaired) electrons. The van der Waals surface area contributed by atoms with Crippen LogP contribution in [-0.2, 0) is 20.8 Å². The fourth-order valence-electron chi connectivity index (χ4n) is 4.82. The Balaban J connectivity index is 1.79. The minimum absolute atomic E-state index is 0.00367. The third-order valence-corrected chi connectivity index (χ3v) is 6.97. The lowest BCUT2D eigenvalue weighted by Crippen LogP contribution is -2.23. The van der Waals surface area contributed by atoms with Crippen molar-refractivity contribution in [1.82, 2.24) is 9.55 Å². The van der Waals surface area contributed by atoms with Crippen molar-refractivity contribution in [2.24, 2.45) is 5.92 Å². The summed E-state index contributed by atoms with van der Waals surface area (Å²) in [5.41, 5.74) is 2.35. The molecular weight excluding hydrogens is 420 g/mol. The quantitative estimate of drug-likeness (QED) is 0.558. The highest BCUT2D eigenvalue weighted by molar-refractivity contribution is 6.11. The zero-order chi connectivity index (χ0) is 23.4. The molecule has 0 spiro atoms. The van der Waals surface area contributed by atoms with Crippen LogP contribution in [0.1, 0.15) is 75.7 Å². The first-order valence-electron chi connectivity index (χ1n) is 12.3. The topological polar surface area (TPSA) is 94.5 Å². The third-order valence-electron chi connectivity index (χ3n) is 6.97. The summed E-state index contributed by atoms with van der Waals surface area (Å²) in [5, 5.41) is 7.38. The molecule has 2 aromatic heterocycles. The minimum atomic E-state index is -0.493. The van der Waals surface area contributed by atoms with Gasteiger partial charge in [0.25, 0.3) is 0 Å². The van der Waals surface area contributed by atoms with Crippen molar-refractivity contribution in [3.63, 3.8) is 0 Å². The number of fused-ring (bicyclic) bond motifs is 1. The Morgan fingerprint density at radius 2 is 2.03 bits per heavy atom. The number of rotatable bonds is 8. The second kappa shape index (κ2) is 10.5. The second-order valence-electron chi connectivity index (χ2n) is 9.33. The number of aromatic nitrogens is 2. The maximum atomic E-state index is 12.9. The average Bonchev–Trinajstić information content (AvgIpc) is 3.45. The molecule has 33 heavy (non-hydrogen) atoms. The van der Waals surface area contributed by atoms with E-state index in [1.165, 1.54) is 26.4 Å². The van der Waals surface area contributed by atoms with Gasteiger partial charge in [-0.2, -0.15) is 0 Å². The van der Waals surface area contributed by atoms with Gasteiger partial charge in [-0.1, -0.05) is 33.1 Å². The van der Waals surface area contributed by atoms with Crippen LogP contribution in [0.5, 0.6) is 0 Å². The predicted molar refractivity (Wildman–Crippen MR) is 129 cm³/mol. The number of nitrogens with zero attached hydrogens (tertiary/aromatic N) is 2. The first-order chi connectivity index (χ1) is 16.0. The minimum Gasteiger partial charge on any atom is -0.464 e. The molecule has 1 amide bonds. The number of carbonyl (C=O) groups excluding carboxylic acids is 2. The van der Waals surface area contributed by atoms with Gasteiger partial charge in [-0.05, 0) is 38.2 Å². The number of pyridine rings is 1. The molecule has 0 aromatic carbocycles. The van der Waals surface area contributed by atoms with Gasteiger partial charge < -0.3 is 24.7 Å². The van der Waals surface area contributed by atoms with Crippen LogP contribution < -0.4 is 10.6 Å². The number of esters is 1. The molecule has 0 unspecified atom stereocenters. The number of amides is 1. The normalized spacial score (nSPS) is 20.0. The SMILES string of the molecule is CC[C@H](C)C(=O)Nc1c(C(=O)OC)n(C[C@@H]2CCCO2)c2ncc(NC3CCCCC3)cc12. The maximum Gasteiger partial charge on any atom is 0.356 e. The monoisotopic (exact) mass is 456 g/mol. The molecule has 1 aliphatic carbocycles. The maximum absolute atomic E-state index is 12.9. The summed E-state index contributed by atoms with van der Waals surface area (Å²) < 4.78 is 12.8. The molecular formula is C25H36N4O4. The molecule has 4 rings (SSSR count). The van der Waals surface area contributed by atoms with Crippen LogP contribution in [0, 0.1) is 5.92 Å². The van der Waals surface area contributed by atoms with Crippen LogP contribution in [-0.4, -0.2) is 47.3 Å². The number of carbonyl (C=O) groups is 2. The van der Waals surface area contributed by atoms with Gasteiger partial charge in [0.1, 0.15) is 5.65 Å². The van der Waals surface area contributed by atoms with Gasteiger partial charge >= 0.3 is 5.97 Å². The second-order valence-corrected chi connectivity index (χ2v) is 9.33. The summed E-state index contributed by atoms with van der Waals surface area (Å²) in [6.45, 7) is 5.06. The van der Waals surface area contributed by atoms with Gasteiger partial charge in [-0.3, -0.25) is 4.79 Å². The molecule has 3 heterocycles. The fourth-order valence-corrected chi connectivity index (χ4v) is 4.82. The molecule has 2 aliphatic rings. The van der Waals surface area contributed by atoms with Crippen LogP contribution in [0.3, 0.4) is 0 Å². The molecule has 2 N–H and O–H groups in total. The first-order valence-corrected chi connectivity index (χ1v) is 12.3. The number of nitrogens with one attached hydrogen (secondary N) is 2. The van der Waals surface area contributed by atoms with Gasteiger partial charge in [0, 0.05) is 24.0 Å². The lowest BCUT2D eigenvalue weighted by atomic mass is 9.95. The van der Waals surface area contributed by atoms with Crippen LogP contribution >= 0.6 is 0 Å². The van der Waals surface area contributed by atoms with Gasteiger partial charge in [0.05, 0.1) is 37.3 Å². The number of hydrogen-bond donors (Lipinski definition) is 2. The van der Waals surface area contributed by atoms with Crippen LogP contribution in [0.25, 0.3) is 11.0 Å². The van der Waals surface area contributed by atoms with E-state index in [0.29, 0.717) is 36.0 Å². The highest BCUT2D eigenvalue weighted by Crippen LogP contribution is 2.35. The number of methoxy groups -OCH3 is 1. The molecule has 1 saturated carbocycles. The van der Waals surface area contributed by atoms with Crippen molar-refractivity contribution >= 4 is 34.3 Å². The summed E-state index contributed by atoms with van der Waals surface area (Å²) in [5.74, 6) is -0.791. The van der Waals surface area contributed by atoms with E-state index in [9.17, 15) is 9.59 Å².